The minimum Gasteiger partial charge on any atom is -0.349 e. The lowest BCUT2D eigenvalue weighted by Gasteiger charge is -2.09. The van der Waals surface area contributed by atoms with E-state index >= 15 is 0 Å². The van der Waals surface area contributed by atoms with Crippen LogP contribution in [0.2, 0.25) is 0 Å². The van der Waals surface area contributed by atoms with E-state index < -0.39 is 5.76 Å². The number of alkyl halides is 2. The average Bonchev–Trinajstić information content (AvgIpc) is 3.32. The third-order valence-corrected chi connectivity index (χ3v) is 5.80. The quantitative estimate of drug-likeness (QED) is 0.428. The number of benzene rings is 2. The molecule has 0 aliphatic heterocycles. The molecule has 0 radical (unpaired) electrons. The molecule has 0 aliphatic rings. The van der Waals surface area contributed by atoms with E-state index in [1.165, 1.54) is 15.9 Å². The van der Waals surface area contributed by atoms with E-state index in [1.807, 2.05) is 35.7 Å². The highest BCUT2D eigenvalue weighted by molar-refractivity contribution is 7.99. The van der Waals surface area contributed by atoms with Crippen LogP contribution in [0.1, 0.15) is 5.69 Å². The standard InChI is InChI=1S/C20H16F2N4OS2/c21-19(22)29-20-25-15-8-4-5-9-16(15)26(20)11-17(27)23-10-14-12-28-18(24-14)13-6-2-1-3-7-13/h1-9,12,19H,10-11H2,(H,23,27). The number of aromatic nitrogens is 3. The first-order chi connectivity index (χ1) is 14.1. The molecule has 0 fully saturated rings. The van der Waals surface area contributed by atoms with Crippen molar-refractivity contribution in [2.24, 2.45) is 0 Å². The number of carbonyl (C=O) groups is 1. The zero-order chi connectivity index (χ0) is 20.2. The molecule has 0 spiro atoms. The minimum absolute atomic E-state index is 0.0920. The fraction of sp³-hybridized carbons (Fsp3) is 0.150. The highest BCUT2D eigenvalue weighted by Gasteiger charge is 2.18. The van der Waals surface area contributed by atoms with E-state index in [9.17, 15) is 13.6 Å². The number of fused-ring (bicyclic) bond motifs is 1. The summed E-state index contributed by atoms with van der Waals surface area (Å²) in [6, 6.07) is 16.9. The van der Waals surface area contributed by atoms with Crippen LogP contribution in [0, 0.1) is 0 Å². The van der Waals surface area contributed by atoms with E-state index in [0.717, 1.165) is 16.3 Å². The van der Waals surface area contributed by atoms with Crippen molar-refractivity contribution < 1.29 is 13.6 Å². The van der Waals surface area contributed by atoms with Gasteiger partial charge >= 0.3 is 0 Å². The molecule has 5 nitrogen and oxygen atoms in total. The maximum Gasteiger partial charge on any atom is 0.291 e. The van der Waals surface area contributed by atoms with Crippen LogP contribution in [0.3, 0.4) is 0 Å². The van der Waals surface area contributed by atoms with Gasteiger partial charge in [0, 0.05) is 10.9 Å². The lowest BCUT2D eigenvalue weighted by molar-refractivity contribution is -0.121. The van der Waals surface area contributed by atoms with Crippen LogP contribution >= 0.6 is 23.1 Å². The fourth-order valence-electron chi connectivity index (χ4n) is 2.87. The van der Waals surface area contributed by atoms with Crippen molar-refractivity contribution in [1.29, 1.82) is 0 Å². The Morgan fingerprint density at radius 2 is 1.86 bits per heavy atom. The number of thiazole rings is 1. The second kappa shape index (κ2) is 8.71. The summed E-state index contributed by atoms with van der Waals surface area (Å²) in [7, 11) is 0. The Hall–Kier alpha value is -2.78. The predicted octanol–water partition coefficient (Wildman–Crippen LogP) is 4.79. The van der Waals surface area contributed by atoms with Gasteiger partial charge in [-0.05, 0) is 23.9 Å². The molecule has 0 unspecified atom stereocenters. The SMILES string of the molecule is O=C(Cn1c(SC(F)F)nc2ccccc21)NCc1csc(-c2ccccc2)n1. The fourth-order valence-corrected chi connectivity index (χ4v) is 4.29. The van der Waals surface area contributed by atoms with Crippen molar-refractivity contribution in [3.8, 4) is 10.6 Å². The minimum atomic E-state index is -2.61. The first-order valence-corrected chi connectivity index (χ1v) is 10.5. The van der Waals surface area contributed by atoms with Crippen LogP contribution in [0.15, 0.2) is 65.1 Å². The summed E-state index contributed by atoms with van der Waals surface area (Å²) >= 11 is 1.84. The van der Waals surface area contributed by atoms with Gasteiger partial charge in [0.05, 0.1) is 23.3 Å². The molecule has 2 heterocycles. The van der Waals surface area contributed by atoms with Gasteiger partial charge in [-0.3, -0.25) is 4.79 Å². The molecule has 148 valence electrons. The number of hydrogen-bond acceptors (Lipinski definition) is 5. The highest BCUT2D eigenvalue weighted by atomic mass is 32.2. The summed E-state index contributed by atoms with van der Waals surface area (Å²) < 4.78 is 27.3. The summed E-state index contributed by atoms with van der Waals surface area (Å²) in [6.45, 7) is 0.178. The Balaban J connectivity index is 1.45. The lowest BCUT2D eigenvalue weighted by Crippen LogP contribution is -2.27. The molecule has 0 saturated carbocycles. The van der Waals surface area contributed by atoms with Crippen LogP contribution in [0.5, 0.6) is 0 Å². The normalized spacial score (nSPS) is 11.3. The molecule has 1 N–H and O–H groups in total. The Bertz CT molecular complexity index is 1130. The van der Waals surface area contributed by atoms with E-state index in [1.54, 1.807) is 24.3 Å². The molecular weight excluding hydrogens is 414 g/mol. The van der Waals surface area contributed by atoms with E-state index in [-0.39, 0.29) is 24.2 Å². The Morgan fingerprint density at radius 1 is 1.10 bits per heavy atom. The number of halogens is 2. The van der Waals surface area contributed by atoms with Gasteiger partial charge in [-0.2, -0.15) is 8.78 Å². The van der Waals surface area contributed by atoms with Crippen LogP contribution in [0.4, 0.5) is 8.78 Å². The van der Waals surface area contributed by atoms with Crippen molar-refractivity contribution >= 4 is 40.0 Å². The van der Waals surface area contributed by atoms with Crippen LogP contribution in [-0.2, 0) is 17.9 Å². The molecule has 4 aromatic rings. The van der Waals surface area contributed by atoms with Crippen LogP contribution in [-0.4, -0.2) is 26.2 Å². The van der Waals surface area contributed by atoms with E-state index in [2.05, 4.69) is 15.3 Å². The van der Waals surface area contributed by atoms with Crippen molar-refractivity contribution in [3.63, 3.8) is 0 Å². The van der Waals surface area contributed by atoms with Crippen LogP contribution in [0.25, 0.3) is 21.6 Å². The maximum atomic E-state index is 12.9. The number of amides is 1. The number of hydrogen-bond donors (Lipinski definition) is 1. The van der Waals surface area contributed by atoms with E-state index in [0.29, 0.717) is 22.8 Å². The molecule has 2 aromatic heterocycles. The summed E-state index contributed by atoms with van der Waals surface area (Å²) in [5.41, 5.74) is 3.00. The molecular formula is C20H16F2N4OS2. The Kier molecular flexibility index (Phi) is 5.86. The van der Waals surface area contributed by atoms with Gasteiger partial charge in [0.25, 0.3) is 5.76 Å². The maximum absolute atomic E-state index is 12.9. The number of nitrogens with one attached hydrogen (secondary N) is 1. The first kappa shape index (κ1) is 19.5. The number of imidazole rings is 1. The van der Waals surface area contributed by atoms with Crippen molar-refractivity contribution in [2.45, 2.75) is 24.0 Å². The van der Waals surface area contributed by atoms with Crippen molar-refractivity contribution in [2.75, 3.05) is 0 Å². The third kappa shape index (κ3) is 4.63. The number of nitrogens with zero attached hydrogens (tertiary/aromatic N) is 3. The second-order valence-corrected chi connectivity index (χ2v) is 7.95. The summed E-state index contributed by atoms with van der Waals surface area (Å²) in [5.74, 6) is -2.90. The Morgan fingerprint density at radius 3 is 2.66 bits per heavy atom. The molecule has 0 aliphatic carbocycles. The number of para-hydroxylation sites is 2. The second-order valence-electron chi connectivity index (χ2n) is 6.13. The lowest BCUT2D eigenvalue weighted by atomic mass is 10.2. The first-order valence-electron chi connectivity index (χ1n) is 8.77. The molecule has 4 rings (SSSR count). The zero-order valence-corrected chi connectivity index (χ0v) is 16.7. The monoisotopic (exact) mass is 430 g/mol. The van der Waals surface area contributed by atoms with Gasteiger partial charge in [0.1, 0.15) is 11.6 Å². The van der Waals surface area contributed by atoms with Gasteiger partial charge in [-0.1, -0.05) is 42.5 Å². The molecule has 0 atom stereocenters. The van der Waals surface area contributed by atoms with E-state index in [4.69, 9.17) is 0 Å². The summed E-state index contributed by atoms with van der Waals surface area (Å²) in [5, 5.41) is 5.71. The smallest absolute Gasteiger partial charge is 0.291 e. The number of rotatable bonds is 7. The molecule has 0 saturated heterocycles. The number of carbonyl (C=O) groups excluding carboxylic acids is 1. The highest BCUT2D eigenvalue weighted by Crippen LogP contribution is 2.28. The topological polar surface area (TPSA) is 59.8 Å². The average molecular weight is 431 g/mol. The van der Waals surface area contributed by atoms with Gasteiger partial charge in [-0.15, -0.1) is 11.3 Å². The van der Waals surface area contributed by atoms with Gasteiger partial charge < -0.3 is 9.88 Å². The largest absolute Gasteiger partial charge is 0.349 e. The summed E-state index contributed by atoms with van der Waals surface area (Å²) in [6.07, 6.45) is 0. The third-order valence-electron chi connectivity index (χ3n) is 4.15. The van der Waals surface area contributed by atoms with Crippen LogP contribution < -0.4 is 5.32 Å². The predicted molar refractivity (Wildman–Crippen MR) is 111 cm³/mol. The van der Waals surface area contributed by atoms with Crippen molar-refractivity contribution in [1.82, 2.24) is 19.9 Å². The molecule has 0 bridgehead atoms. The number of thioether (sulfide) groups is 1. The van der Waals surface area contributed by atoms with Crippen molar-refractivity contribution in [3.05, 3.63) is 65.7 Å². The summed E-state index contributed by atoms with van der Waals surface area (Å²) in [4.78, 5) is 21.2. The van der Waals surface area contributed by atoms with Gasteiger partial charge in [0.2, 0.25) is 5.91 Å². The zero-order valence-electron chi connectivity index (χ0n) is 15.1. The Labute approximate surface area is 173 Å². The molecule has 1 amide bonds. The van der Waals surface area contributed by atoms with Gasteiger partial charge in [0.15, 0.2) is 5.16 Å². The molecule has 2 aromatic carbocycles. The molecule has 9 heteroatoms. The molecule has 29 heavy (non-hydrogen) atoms. The van der Waals surface area contributed by atoms with Gasteiger partial charge in [-0.25, -0.2) is 9.97 Å².